The van der Waals surface area contributed by atoms with Crippen LogP contribution >= 0.6 is 34.8 Å². The molecule has 0 saturated heterocycles. The Morgan fingerprint density at radius 1 is 1.05 bits per heavy atom. The van der Waals surface area contributed by atoms with Crippen molar-refractivity contribution in [2.24, 2.45) is 0 Å². The van der Waals surface area contributed by atoms with E-state index in [-0.39, 0.29) is 21.4 Å². The van der Waals surface area contributed by atoms with Gasteiger partial charge in [-0.15, -0.1) is 0 Å². The fraction of sp³-hybridized carbons (Fsp3) is 0. The van der Waals surface area contributed by atoms with E-state index in [1.165, 1.54) is 30.3 Å². The number of halogens is 4. The van der Waals surface area contributed by atoms with E-state index < -0.39 is 11.7 Å². The number of nitrogens with two attached hydrogens (primary N) is 1. The van der Waals surface area contributed by atoms with Crippen molar-refractivity contribution in [1.82, 2.24) is 0 Å². The topological polar surface area (TPSA) is 55.1 Å². The van der Waals surface area contributed by atoms with Gasteiger partial charge in [-0.05, 0) is 30.3 Å². The second-order valence-electron chi connectivity index (χ2n) is 3.94. The predicted molar refractivity (Wildman–Crippen MR) is 80.2 cm³/mol. The van der Waals surface area contributed by atoms with E-state index in [0.717, 1.165) is 0 Å². The number of hydrogen-bond acceptors (Lipinski definition) is 2. The number of carbonyl (C=O) groups is 1. The van der Waals surface area contributed by atoms with Crippen molar-refractivity contribution in [3.8, 4) is 0 Å². The molecule has 2 aromatic rings. The molecule has 1 amide bonds. The Kier molecular flexibility index (Phi) is 4.38. The van der Waals surface area contributed by atoms with Gasteiger partial charge in [0, 0.05) is 11.3 Å². The van der Waals surface area contributed by atoms with E-state index in [1.54, 1.807) is 0 Å². The molecule has 0 aliphatic rings. The molecule has 0 spiro atoms. The van der Waals surface area contributed by atoms with Crippen molar-refractivity contribution in [3.05, 3.63) is 56.8 Å². The smallest absolute Gasteiger partial charge is 0.255 e. The molecule has 0 heterocycles. The monoisotopic (exact) mass is 332 g/mol. The normalized spacial score (nSPS) is 10.4. The highest BCUT2D eigenvalue weighted by atomic mass is 35.5. The van der Waals surface area contributed by atoms with Crippen LogP contribution in [0.1, 0.15) is 10.4 Å². The second kappa shape index (κ2) is 5.87. The van der Waals surface area contributed by atoms with Crippen molar-refractivity contribution in [2.75, 3.05) is 11.1 Å². The van der Waals surface area contributed by atoms with Crippen LogP contribution in [0.2, 0.25) is 15.1 Å². The molecule has 2 rings (SSSR count). The number of anilines is 2. The van der Waals surface area contributed by atoms with Gasteiger partial charge in [0.2, 0.25) is 0 Å². The third kappa shape index (κ3) is 3.15. The van der Waals surface area contributed by atoms with Crippen LogP contribution in [0.4, 0.5) is 15.8 Å². The van der Waals surface area contributed by atoms with Gasteiger partial charge in [-0.2, -0.15) is 0 Å². The van der Waals surface area contributed by atoms with Crippen LogP contribution in [0.5, 0.6) is 0 Å². The van der Waals surface area contributed by atoms with E-state index in [0.29, 0.717) is 10.6 Å². The molecule has 0 atom stereocenters. The molecular weight excluding hydrogens is 326 g/mol. The molecule has 0 aliphatic heterocycles. The zero-order valence-corrected chi connectivity index (χ0v) is 12.2. The van der Waals surface area contributed by atoms with Crippen molar-refractivity contribution in [1.29, 1.82) is 0 Å². The predicted octanol–water partition coefficient (Wildman–Crippen LogP) is 4.62. The lowest BCUT2D eigenvalue weighted by molar-refractivity contribution is 0.102. The number of hydrogen-bond donors (Lipinski definition) is 2. The van der Waals surface area contributed by atoms with E-state index in [9.17, 15) is 9.18 Å². The first-order valence-corrected chi connectivity index (χ1v) is 6.53. The summed E-state index contributed by atoms with van der Waals surface area (Å²) in [7, 11) is 0. The molecule has 104 valence electrons. The van der Waals surface area contributed by atoms with E-state index >= 15 is 0 Å². The molecule has 0 fully saturated rings. The summed E-state index contributed by atoms with van der Waals surface area (Å²) in [5.41, 5.74) is 6.49. The highest BCUT2D eigenvalue weighted by molar-refractivity contribution is 6.35. The Balaban J connectivity index is 2.25. The number of benzene rings is 2. The van der Waals surface area contributed by atoms with E-state index in [1.807, 2.05) is 0 Å². The summed E-state index contributed by atoms with van der Waals surface area (Å²) in [6.07, 6.45) is 0. The van der Waals surface area contributed by atoms with Gasteiger partial charge in [-0.25, -0.2) is 4.39 Å². The fourth-order valence-corrected chi connectivity index (χ4v) is 2.12. The average molecular weight is 334 g/mol. The number of amides is 1. The zero-order valence-electron chi connectivity index (χ0n) is 9.88. The molecule has 0 unspecified atom stereocenters. The molecule has 7 heteroatoms. The third-order valence-electron chi connectivity index (χ3n) is 2.50. The van der Waals surface area contributed by atoms with Crippen LogP contribution in [-0.2, 0) is 0 Å². The molecule has 0 aliphatic carbocycles. The van der Waals surface area contributed by atoms with Gasteiger partial charge in [0.25, 0.3) is 5.91 Å². The Morgan fingerprint density at radius 3 is 2.20 bits per heavy atom. The maximum atomic E-state index is 13.3. The van der Waals surface area contributed by atoms with Gasteiger partial charge in [0.05, 0.1) is 20.8 Å². The molecular formula is C13H8Cl3FN2O. The zero-order chi connectivity index (χ0) is 14.9. The maximum absolute atomic E-state index is 13.3. The van der Waals surface area contributed by atoms with Crippen molar-refractivity contribution in [2.45, 2.75) is 0 Å². The summed E-state index contributed by atoms with van der Waals surface area (Å²) in [6, 6.07) is 6.99. The first-order chi connectivity index (χ1) is 9.38. The Hall–Kier alpha value is -1.49. The highest BCUT2D eigenvalue weighted by Crippen LogP contribution is 2.28. The first-order valence-electron chi connectivity index (χ1n) is 5.39. The molecule has 20 heavy (non-hydrogen) atoms. The van der Waals surface area contributed by atoms with Gasteiger partial charge in [-0.3, -0.25) is 4.79 Å². The summed E-state index contributed by atoms with van der Waals surface area (Å²) in [5.74, 6) is -1.17. The van der Waals surface area contributed by atoms with Crippen molar-refractivity contribution >= 4 is 52.1 Å². The lowest BCUT2D eigenvalue weighted by atomic mass is 10.2. The number of nitrogen functional groups attached to an aromatic ring is 1. The van der Waals surface area contributed by atoms with Gasteiger partial charge in [0.1, 0.15) is 0 Å². The average Bonchev–Trinajstić information content (AvgIpc) is 2.39. The lowest BCUT2D eigenvalue weighted by Crippen LogP contribution is -2.12. The quantitative estimate of drug-likeness (QED) is 0.622. The molecule has 0 aromatic heterocycles. The van der Waals surface area contributed by atoms with Crippen LogP contribution in [0, 0.1) is 5.82 Å². The Morgan fingerprint density at radius 2 is 1.65 bits per heavy atom. The van der Waals surface area contributed by atoms with Crippen LogP contribution in [0.15, 0.2) is 30.3 Å². The molecule has 0 radical (unpaired) electrons. The lowest BCUT2D eigenvalue weighted by Gasteiger charge is -2.08. The SMILES string of the molecule is Nc1cc(C(=O)Nc2cc(Cl)c(F)c(Cl)c2)ccc1Cl. The first kappa shape index (κ1) is 14.9. The van der Waals surface area contributed by atoms with E-state index in [4.69, 9.17) is 40.5 Å². The minimum atomic E-state index is -0.734. The van der Waals surface area contributed by atoms with Crippen LogP contribution in [-0.4, -0.2) is 5.91 Å². The number of carbonyl (C=O) groups excluding carboxylic acids is 1. The van der Waals surface area contributed by atoms with Gasteiger partial charge in [-0.1, -0.05) is 34.8 Å². The summed E-state index contributed by atoms with van der Waals surface area (Å²) < 4.78 is 13.3. The maximum Gasteiger partial charge on any atom is 0.255 e. The van der Waals surface area contributed by atoms with Crippen molar-refractivity contribution < 1.29 is 9.18 Å². The Labute approximate surface area is 129 Å². The molecule has 3 N–H and O–H groups in total. The number of nitrogens with one attached hydrogen (secondary N) is 1. The molecule has 2 aromatic carbocycles. The third-order valence-corrected chi connectivity index (χ3v) is 3.39. The largest absolute Gasteiger partial charge is 0.398 e. The molecule has 0 bridgehead atoms. The van der Waals surface area contributed by atoms with Gasteiger partial charge >= 0.3 is 0 Å². The van der Waals surface area contributed by atoms with Gasteiger partial charge in [0.15, 0.2) is 5.82 Å². The molecule has 3 nitrogen and oxygen atoms in total. The Bertz CT molecular complexity index is 668. The fourth-order valence-electron chi connectivity index (χ4n) is 1.52. The second-order valence-corrected chi connectivity index (χ2v) is 5.17. The minimum Gasteiger partial charge on any atom is -0.398 e. The van der Waals surface area contributed by atoms with E-state index in [2.05, 4.69) is 5.32 Å². The summed E-state index contributed by atoms with van der Waals surface area (Å²) in [5, 5.41) is 2.54. The summed E-state index contributed by atoms with van der Waals surface area (Å²) in [4.78, 5) is 12.0. The minimum absolute atomic E-state index is 0.177. The van der Waals surface area contributed by atoms with Crippen LogP contribution in [0.25, 0.3) is 0 Å². The van der Waals surface area contributed by atoms with Crippen LogP contribution in [0.3, 0.4) is 0 Å². The highest BCUT2D eigenvalue weighted by Gasteiger charge is 2.12. The standard InChI is InChI=1S/C13H8Cl3FN2O/c14-8-2-1-6(3-11(8)18)13(20)19-7-4-9(15)12(17)10(16)5-7/h1-5H,18H2,(H,19,20). The molecule has 0 saturated carbocycles. The summed E-state index contributed by atoms with van der Waals surface area (Å²) in [6.45, 7) is 0. The van der Waals surface area contributed by atoms with Crippen LogP contribution < -0.4 is 11.1 Å². The summed E-state index contributed by atoms with van der Waals surface area (Å²) >= 11 is 17.1. The van der Waals surface area contributed by atoms with Crippen molar-refractivity contribution in [3.63, 3.8) is 0 Å². The number of rotatable bonds is 2. The van der Waals surface area contributed by atoms with Gasteiger partial charge < -0.3 is 11.1 Å².